The lowest BCUT2D eigenvalue weighted by Crippen LogP contribution is -2.61. The molecule has 2 rings (SSSR count). The summed E-state index contributed by atoms with van der Waals surface area (Å²) in [4.78, 5) is 14.9. The number of esters is 1. The molecule has 20 heavy (non-hydrogen) atoms. The van der Waals surface area contributed by atoms with E-state index in [1.165, 1.54) is 25.7 Å². The van der Waals surface area contributed by atoms with Crippen molar-refractivity contribution in [3.05, 3.63) is 0 Å². The summed E-state index contributed by atoms with van der Waals surface area (Å²) in [5, 5.41) is 3.67. The van der Waals surface area contributed by atoms with Crippen LogP contribution in [-0.2, 0) is 9.53 Å². The van der Waals surface area contributed by atoms with E-state index in [2.05, 4.69) is 24.1 Å². The van der Waals surface area contributed by atoms with Gasteiger partial charge in [-0.05, 0) is 46.5 Å². The van der Waals surface area contributed by atoms with Crippen LogP contribution < -0.4 is 5.32 Å². The molecule has 1 aliphatic heterocycles. The lowest BCUT2D eigenvalue weighted by Gasteiger charge is -2.43. The Kier molecular flexibility index (Phi) is 5.44. The minimum absolute atomic E-state index is 0.0321. The van der Waals surface area contributed by atoms with Crippen molar-refractivity contribution >= 4 is 5.97 Å². The minimum atomic E-state index is -0.434. The zero-order valence-electron chi connectivity index (χ0n) is 13.3. The molecule has 1 saturated carbocycles. The Bertz CT molecular complexity index is 316. The highest BCUT2D eigenvalue weighted by Crippen LogP contribution is 2.29. The van der Waals surface area contributed by atoms with Gasteiger partial charge < -0.3 is 9.64 Å². The van der Waals surface area contributed by atoms with Crippen molar-refractivity contribution in [1.82, 2.24) is 10.2 Å². The van der Waals surface area contributed by atoms with Crippen LogP contribution >= 0.6 is 0 Å². The number of nitrogens with zero attached hydrogens (tertiary/aromatic N) is 1. The zero-order valence-corrected chi connectivity index (χ0v) is 13.3. The molecule has 4 nitrogen and oxygen atoms in total. The predicted molar refractivity (Wildman–Crippen MR) is 80.7 cm³/mol. The Morgan fingerprint density at radius 1 is 1.30 bits per heavy atom. The summed E-state index contributed by atoms with van der Waals surface area (Å²) >= 11 is 0. The highest BCUT2D eigenvalue weighted by Gasteiger charge is 2.44. The first kappa shape index (κ1) is 15.8. The Hall–Kier alpha value is -0.610. The molecule has 0 aromatic rings. The second kappa shape index (κ2) is 6.90. The second-order valence-electron chi connectivity index (χ2n) is 6.56. The van der Waals surface area contributed by atoms with Crippen LogP contribution in [0.5, 0.6) is 0 Å². The van der Waals surface area contributed by atoms with Gasteiger partial charge in [0.25, 0.3) is 0 Å². The van der Waals surface area contributed by atoms with Crippen molar-refractivity contribution < 1.29 is 9.53 Å². The molecule has 1 N–H and O–H groups in total. The molecule has 0 aromatic heterocycles. The maximum absolute atomic E-state index is 12.5. The van der Waals surface area contributed by atoms with Crippen LogP contribution in [0.25, 0.3) is 0 Å². The van der Waals surface area contributed by atoms with Crippen LogP contribution in [-0.4, -0.2) is 48.2 Å². The number of hydrogen-bond donors (Lipinski definition) is 1. The van der Waals surface area contributed by atoms with Crippen LogP contribution in [0, 0.1) is 0 Å². The Morgan fingerprint density at radius 3 is 2.40 bits per heavy atom. The van der Waals surface area contributed by atoms with Crippen molar-refractivity contribution in [3.8, 4) is 0 Å². The third-order valence-electron chi connectivity index (χ3n) is 4.88. The van der Waals surface area contributed by atoms with Crippen molar-refractivity contribution in [3.63, 3.8) is 0 Å². The van der Waals surface area contributed by atoms with Crippen molar-refractivity contribution in [1.29, 1.82) is 0 Å². The molecule has 2 fully saturated rings. The number of rotatable bonds is 5. The third kappa shape index (κ3) is 3.53. The average molecular weight is 282 g/mol. The number of likely N-dealkylation sites (tertiary alicyclic amines) is 1. The van der Waals surface area contributed by atoms with E-state index in [-0.39, 0.29) is 5.97 Å². The molecule has 1 saturated heterocycles. The predicted octanol–water partition coefficient (Wildman–Crippen LogP) is 2.32. The van der Waals surface area contributed by atoms with Gasteiger partial charge in [-0.1, -0.05) is 12.8 Å². The lowest BCUT2D eigenvalue weighted by atomic mass is 9.85. The Morgan fingerprint density at radius 2 is 1.90 bits per heavy atom. The summed E-state index contributed by atoms with van der Waals surface area (Å²) in [6.07, 6.45) is 6.73. The molecule has 1 aliphatic carbocycles. The second-order valence-corrected chi connectivity index (χ2v) is 6.56. The van der Waals surface area contributed by atoms with Gasteiger partial charge in [0.15, 0.2) is 0 Å². The van der Waals surface area contributed by atoms with Crippen LogP contribution in [0.2, 0.25) is 0 Å². The van der Waals surface area contributed by atoms with E-state index in [4.69, 9.17) is 4.74 Å². The summed E-state index contributed by atoms with van der Waals surface area (Å²) < 4.78 is 5.37. The van der Waals surface area contributed by atoms with Crippen LogP contribution in [0.3, 0.4) is 0 Å². The molecule has 0 spiro atoms. The van der Waals surface area contributed by atoms with Gasteiger partial charge in [-0.3, -0.25) is 10.1 Å². The third-order valence-corrected chi connectivity index (χ3v) is 4.88. The summed E-state index contributed by atoms with van der Waals surface area (Å²) in [6.45, 7) is 8.78. The molecule has 0 atom stereocenters. The summed E-state index contributed by atoms with van der Waals surface area (Å²) in [5.41, 5.74) is -0.434. The number of nitrogens with one attached hydrogen (secondary N) is 1. The van der Waals surface area contributed by atoms with E-state index >= 15 is 0 Å². The minimum Gasteiger partial charge on any atom is -0.465 e. The van der Waals surface area contributed by atoms with Crippen LogP contribution in [0.15, 0.2) is 0 Å². The van der Waals surface area contributed by atoms with Gasteiger partial charge in [-0.2, -0.15) is 0 Å². The number of hydrogen-bond acceptors (Lipinski definition) is 4. The molecule has 0 bridgehead atoms. The van der Waals surface area contributed by atoms with E-state index in [1.54, 1.807) is 0 Å². The standard InChI is InChI=1S/C16H30N2O2/c1-4-20-15(19)16(17-14-7-5-6-8-14)9-11-18(12-10-16)13(2)3/h13-14,17H,4-12H2,1-3H3. The van der Waals surface area contributed by atoms with Gasteiger partial charge in [-0.25, -0.2) is 0 Å². The Balaban J connectivity index is 2.03. The SMILES string of the molecule is CCOC(=O)C1(NC2CCCC2)CCN(C(C)C)CC1. The van der Waals surface area contributed by atoms with Crippen LogP contribution in [0.4, 0.5) is 0 Å². The maximum atomic E-state index is 12.5. The number of carbonyl (C=O) groups excluding carboxylic acids is 1. The largest absolute Gasteiger partial charge is 0.465 e. The van der Waals surface area contributed by atoms with Gasteiger partial charge in [0.1, 0.15) is 5.54 Å². The fraction of sp³-hybridized carbons (Fsp3) is 0.938. The fourth-order valence-electron chi connectivity index (χ4n) is 3.56. The normalized spacial score (nSPS) is 24.2. The van der Waals surface area contributed by atoms with E-state index in [1.807, 2.05) is 6.92 Å². The van der Waals surface area contributed by atoms with Crippen molar-refractivity contribution in [2.45, 2.75) is 76.9 Å². The molecular formula is C16H30N2O2. The van der Waals surface area contributed by atoms with Crippen LogP contribution in [0.1, 0.15) is 59.3 Å². The topological polar surface area (TPSA) is 41.6 Å². The summed E-state index contributed by atoms with van der Waals surface area (Å²) in [6, 6.07) is 1.06. The quantitative estimate of drug-likeness (QED) is 0.786. The molecule has 0 aromatic carbocycles. The molecule has 0 unspecified atom stereocenters. The van der Waals surface area contributed by atoms with Crippen molar-refractivity contribution in [2.75, 3.05) is 19.7 Å². The summed E-state index contributed by atoms with van der Waals surface area (Å²) in [7, 11) is 0. The highest BCUT2D eigenvalue weighted by molar-refractivity contribution is 5.81. The molecule has 4 heteroatoms. The molecular weight excluding hydrogens is 252 g/mol. The number of piperidine rings is 1. The Labute approximate surface area is 123 Å². The van der Waals surface area contributed by atoms with E-state index in [0.717, 1.165) is 25.9 Å². The van der Waals surface area contributed by atoms with E-state index in [9.17, 15) is 4.79 Å². The molecule has 1 heterocycles. The zero-order chi connectivity index (χ0) is 14.6. The van der Waals surface area contributed by atoms with E-state index in [0.29, 0.717) is 18.7 Å². The molecule has 116 valence electrons. The monoisotopic (exact) mass is 282 g/mol. The first-order chi connectivity index (χ1) is 9.57. The van der Waals surface area contributed by atoms with E-state index < -0.39 is 5.54 Å². The molecule has 0 radical (unpaired) electrons. The average Bonchev–Trinajstić information content (AvgIpc) is 2.92. The van der Waals surface area contributed by atoms with Gasteiger partial charge >= 0.3 is 5.97 Å². The van der Waals surface area contributed by atoms with Gasteiger partial charge in [0.2, 0.25) is 0 Å². The van der Waals surface area contributed by atoms with Gasteiger partial charge in [-0.15, -0.1) is 0 Å². The first-order valence-electron chi connectivity index (χ1n) is 8.26. The first-order valence-corrected chi connectivity index (χ1v) is 8.26. The van der Waals surface area contributed by atoms with Gasteiger partial charge in [0, 0.05) is 25.2 Å². The van der Waals surface area contributed by atoms with Crippen molar-refractivity contribution in [2.24, 2.45) is 0 Å². The number of ether oxygens (including phenoxy) is 1. The highest BCUT2D eigenvalue weighted by atomic mass is 16.5. The fourth-order valence-corrected chi connectivity index (χ4v) is 3.56. The molecule has 2 aliphatic rings. The lowest BCUT2D eigenvalue weighted by molar-refractivity contribution is -0.154. The maximum Gasteiger partial charge on any atom is 0.326 e. The number of carbonyl (C=O) groups is 1. The van der Waals surface area contributed by atoms with Gasteiger partial charge in [0.05, 0.1) is 6.61 Å². The smallest absolute Gasteiger partial charge is 0.326 e. The summed E-state index contributed by atoms with van der Waals surface area (Å²) in [5.74, 6) is -0.0321. The molecule has 0 amide bonds.